The molecule has 1 N–H and O–H groups in total. The lowest BCUT2D eigenvalue weighted by Gasteiger charge is -2.18. The van der Waals surface area contributed by atoms with Gasteiger partial charge in [0, 0.05) is 5.56 Å². The number of aromatic amines is 1. The zero-order valence-corrected chi connectivity index (χ0v) is 16.0. The SMILES string of the molecule is CC(C)(C)c1ccc(/C=C/c2ccc(-c3nc4ccccc4[nH]3)cc2)cc1. The number of nitrogens with zero attached hydrogens (tertiary/aromatic N) is 1. The predicted octanol–water partition coefficient (Wildman–Crippen LogP) is 6.70. The average Bonchev–Trinajstić information content (AvgIpc) is 3.11. The zero-order chi connectivity index (χ0) is 18.9. The molecule has 2 heteroatoms. The van der Waals surface area contributed by atoms with Crippen LogP contribution in [0.2, 0.25) is 0 Å². The summed E-state index contributed by atoms with van der Waals surface area (Å²) in [6.07, 6.45) is 4.30. The van der Waals surface area contributed by atoms with Crippen LogP contribution in [0.5, 0.6) is 0 Å². The molecule has 1 heterocycles. The van der Waals surface area contributed by atoms with Crippen molar-refractivity contribution in [1.29, 1.82) is 0 Å². The number of hydrogen-bond acceptors (Lipinski definition) is 1. The number of imidazole rings is 1. The molecule has 0 bridgehead atoms. The number of nitrogens with one attached hydrogen (secondary N) is 1. The van der Waals surface area contributed by atoms with Gasteiger partial charge in [-0.2, -0.15) is 0 Å². The van der Waals surface area contributed by atoms with Crippen molar-refractivity contribution in [2.75, 3.05) is 0 Å². The molecule has 27 heavy (non-hydrogen) atoms. The van der Waals surface area contributed by atoms with Gasteiger partial charge in [-0.25, -0.2) is 4.98 Å². The average molecular weight is 352 g/mol. The van der Waals surface area contributed by atoms with Crippen molar-refractivity contribution in [3.05, 3.63) is 89.5 Å². The molecule has 4 rings (SSSR count). The Morgan fingerprint density at radius 3 is 1.93 bits per heavy atom. The monoisotopic (exact) mass is 352 g/mol. The highest BCUT2D eigenvalue weighted by atomic mass is 14.9. The highest BCUT2D eigenvalue weighted by molar-refractivity contribution is 5.79. The quantitative estimate of drug-likeness (QED) is 0.408. The number of rotatable bonds is 3. The third kappa shape index (κ3) is 3.85. The molecule has 134 valence electrons. The van der Waals surface area contributed by atoms with Gasteiger partial charge in [-0.1, -0.05) is 93.6 Å². The van der Waals surface area contributed by atoms with Crippen LogP contribution in [-0.4, -0.2) is 9.97 Å². The fraction of sp³-hybridized carbons (Fsp3) is 0.160. The van der Waals surface area contributed by atoms with Crippen LogP contribution in [0.4, 0.5) is 0 Å². The van der Waals surface area contributed by atoms with Gasteiger partial charge in [0.15, 0.2) is 0 Å². The second kappa shape index (κ2) is 6.88. The Morgan fingerprint density at radius 2 is 1.33 bits per heavy atom. The Morgan fingerprint density at radius 1 is 0.741 bits per heavy atom. The first kappa shape index (κ1) is 17.3. The zero-order valence-electron chi connectivity index (χ0n) is 16.0. The fourth-order valence-corrected chi connectivity index (χ4v) is 3.13. The van der Waals surface area contributed by atoms with E-state index in [0.29, 0.717) is 0 Å². The van der Waals surface area contributed by atoms with Gasteiger partial charge in [0.2, 0.25) is 0 Å². The van der Waals surface area contributed by atoms with Crippen molar-refractivity contribution in [3.63, 3.8) is 0 Å². The summed E-state index contributed by atoms with van der Waals surface area (Å²) >= 11 is 0. The number of benzene rings is 3. The molecule has 0 amide bonds. The van der Waals surface area contributed by atoms with E-state index in [0.717, 1.165) is 22.4 Å². The molecular formula is C25H24N2. The Bertz CT molecular complexity index is 1040. The highest BCUT2D eigenvalue weighted by Crippen LogP contribution is 2.23. The molecule has 4 aromatic rings. The largest absolute Gasteiger partial charge is 0.338 e. The standard InChI is InChI=1S/C25H24N2/c1-25(2,3)21-16-12-19(13-17-21)9-8-18-10-14-20(15-11-18)24-26-22-6-4-5-7-23(22)27-24/h4-17H,1-3H3,(H,26,27)/b9-8+. The van der Waals surface area contributed by atoms with Gasteiger partial charge >= 0.3 is 0 Å². The van der Waals surface area contributed by atoms with Crippen molar-refractivity contribution in [1.82, 2.24) is 9.97 Å². The topological polar surface area (TPSA) is 28.7 Å². The van der Waals surface area contributed by atoms with Crippen molar-refractivity contribution in [2.45, 2.75) is 26.2 Å². The molecule has 0 aliphatic heterocycles. The number of para-hydroxylation sites is 2. The number of hydrogen-bond donors (Lipinski definition) is 1. The summed E-state index contributed by atoms with van der Waals surface area (Å²) in [5.41, 5.74) is 7.09. The van der Waals surface area contributed by atoms with E-state index >= 15 is 0 Å². The van der Waals surface area contributed by atoms with Gasteiger partial charge < -0.3 is 4.98 Å². The van der Waals surface area contributed by atoms with Gasteiger partial charge in [0.1, 0.15) is 5.82 Å². The Balaban J connectivity index is 1.51. The van der Waals surface area contributed by atoms with E-state index in [-0.39, 0.29) is 5.41 Å². The molecule has 0 aliphatic carbocycles. The minimum Gasteiger partial charge on any atom is -0.338 e. The summed E-state index contributed by atoms with van der Waals surface area (Å²) in [6.45, 7) is 6.71. The lowest BCUT2D eigenvalue weighted by Crippen LogP contribution is -2.10. The maximum absolute atomic E-state index is 4.66. The van der Waals surface area contributed by atoms with Crippen LogP contribution in [0, 0.1) is 0 Å². The van der Waals surface area contributed by atoms with Crippen molar-refractivity contribution < 1.29 is 0 Å². The Hall–Kier alpha value is -3.13. The molecule has 0 atom stereocenters. The van der Waals surface area contributed by atoms with Gasteiger partial charge in [-0.3, -0.25) is 0 Å². The van der Waals surface area contributed by atoms with Crippen LogP contribution < -0.4 is 0 Å². The number of fused-ring (bicyclic) bond motifs is 1. The lowest BCUT2D eigenvalue weighted by molar-refractivity contribution is 0.590. The minimum atomic E-state index is 0.189. The first-order valence-electron chi connectivity index (χ1n) is 9.33. The van der Waals surface area contributed by atoms with E-state index < -0.39 is 0 Å². The fourth-order valence-electron chi connectivity index (χ4n) is 3.13. The van der Waals surface area contributed by atoms with Crippen LogP contribution in [0.1, 0.15) is 37.5 Å². The first-order valence-corrected chi connectivity index (χ1v) is 9.33. The summed E-state index contributed by atoms with van der Waals surface area (Å²) in [4.78, 5) is 8.04. The van der Waals surface area contributed by atoms with E-state index in [1.807, 2.05) is 24.3 Å². The van der Waals surface area contributed by atoms with Gasteiger partial charge in [0.25, 0.3) is 0 Å². The Labute approximate surface area is 160 Å². The molecule has 0 spiro atoms. The van der Waals surface area contributed by atoms with Gasteiger partial charge in [-0.15, -0.1) is 0 Å². The maximum Gasteiger partial charge on any atom is 0.138 e. The van der Waals surface area contributed by atoms with Crippen LogP contribution >= 0.6 is 0 Å². The van der Waals surface area contributed by atoms with Crippen LogP contribution in [0.25, 0.3) is 34.6 Å². The summed E-state index contributed by atoms with van der Waals surface area (Å²) in [5, 5.41) is 0. The molecule has 0 fully saturated rings. The van der Waals surface area contributed by atoms with Gasteiger partial charge in [0.05, 0.1) is 11.0 Å². The van der Waals surface area contributed by atoms with Crippen LogP contribution in [0.3, 0.4) is 0 Å². The van der Waals surface area contributed by atoms with E-state index in [1.165, 1.54) is 16.7 Å². The lowest BCUT2D eigenvalue weighted by atomic mass is 9.87. The third-order valence-corrected chi connectivity index (χ3v) is 4.82. The number of H-pyrrole nitrogens is 1. The van der Waals surface area contributed by atoms with Gasteiger partial charge in [-0.05, 0) is 34.2 Å². The van der Waals surface area contributed by atoms with E-state index in [4.69, 9.17) is 0 Å². The van der Waals surface area contributed by atoms with Crippen molar-refractivity contribution in [2.24, 2.45) is 0 Å². The first-order chi connectivity index (χ1) is 13.0. The number of aromatic nitrogens is 2. The Kier molecular flexibility index (Phi) is 4.41. The van der Waals surface area contributed by atoms with Crippen LogP contribution in [-0.2, 0) is 5.41 Å². The molecule has 3 aromatic carbocycles. The normalized spacial score (nSPS) is 12.1. The molecule has 0 aliphatic rings. The van der Waals surface area contributed by atoms with Crippen molar-refractivity contribution >= 4 is 23.2 Å². The molecule has 2 nitrogen and oxygen atoms in total. The molecule has 0 saturated heterocycles. The third-order valence-electron chi connectivity index (χ3n) is 4.82. The summed E-state index contributed by atoms with van der Waals surface area (Å²) in [7, 11) is 0. The van der Waals surface area contributed by atoms with E-state index in [1.54, 1.807) is 0 Å². The summed E-state index contributed by atoms with van der Waals surface area (Å²) < 4.78 is 0. The maximum atomic E-state index is 4.66. The summed E-state index contributed by atoms with van der Waals surface area (Å²) in [5.74, 6) is 0.907. The summed E-state index contributed by atoms with van der Waals surface area (Å²) in [6, 6.07) is 25.4. The molecule has 0 saturated carbocycles. The van der Waals surface area contributed by atoms with E-state index in [9.17, 15) is 0 Å². The second-order valence-corrected chi connectivity index (χ2v) is 7.93. The van der Waals surface area contributed by atoms with Crippen molar-refractivity contribution in [3.8, 4) is 11.4 Å². The minimum absolute atomic E-state index is 0.189. The predicted molar refractivity (Wildman–Crippen MR) is 116 cm³/mol. The van der Waals surface area contributed by atoms with Crippen LogP contribution in [0.15, 0.2) is 72.8 Å². The highest BCUT2D eigenvalue weighted by Gasteiger charge is 2.12. The smallest absolute Gasteiger partial charge is 0.138 e. The second-order valence-electron chi connectivity index (χ2n) is 7.93. The van der Waals surface area contributed by atoms with E-state index in [2.05, 4.69) is 91.4 Å². The molecule has 1 aromatic heterocycles. The molecular weight excluding hydrogens is 328 g/mol. The molecule has 0 radical (unpaired) electrons. The molecule has 0 unspecified atom stereocenters.